The SMILES string of the molecule is CC(C)=CCNC(=O)Cc1ccccc1O. The third-order valence-electron chi connectivity index (χ3n) is 2.15. The Morgan fingerprint density at radius 3 is 2.69 bits per heavy atom. The molecule has 0 saturated heterocycles. The molecule has 0 aliphatic rings. The Morgan fingerprint density at radius 1 is 1.38 bits per heavy atom. The van der Waals surface area contributed by atoms with Crippen LogP contribution in [0.15, 0.2) is 35.9 Å². The van der Waals surface area contributed by atoms with Crippen LogP contribution in [0.5, 0.6) is 5.75 Å². The van der Waals surface area contributed by atoms with Gasteiger partial charge in [-0.2, -0.15) is 0 Å². The third kappa shape index (κ3) is 4.17. The zero-order valence-electron chi connectivity index (χ0n) is 9.66. The summed E-state index contributed by atoms with van der Waals surface area (Å²) in [6, 6.07) is 6.87. The zero-order chi connectivity index (χ0) is 12.0. The Labute approximate surface area is 95.8 Å². The summed E-state index contributed by atoms with van der Waals surface area (Å²) in [5, 5.41) is 12.2. The second-order valence-electron chi connectivity index (χ2n) is 3.89. The third-order valence-corrected chi connectivity index (χ3v) is 2.15. The van der Waals surface area contributed by atoms with Crippen LogP contribution in [-0.4, -0.2) is 17.6 Å². The van der Waals surface area contributed by atoms with Gasteiger partial charge in [0.1, 0.15) is 5.75 Å². The average molecular weight is 219 g/mol. The molecule has 0 bridgehead atoms. The maximum atomic E-state index is 11.5. The molecule has 1 aromatic carbocycles. The highest BCUT2D eigenvalue weighted by Crippen LogP contribution is 2.15. The van der Waals surface area contributed by atoms with Crippen molar-refractivity contribution in [3.8, 4) is 5.75 Å². The van der Waals surface area contributed by atoms with E-state index >= 15 is 0 Å². The molecule has 0 radical (unpaired) electrons. The number of phenols is 1. The molecule has 0 spiro atoms. The van der Waals surface area contributed by atoms with E-state index < -0.39 is 0 Å². The zero-order valence-corrected chi connectivity index (χ0v) is 9.66. The molecule has 16 heavy (non-hydrogen) atoms. The Morgan fingerprint density at radius 2 is 2.06 bits per heavy atom. The van der Waals surface area contributed by atoms with E-state index in [0.717, 1.165) is 0 Å². The van der Waals surface area contributed by atoms with E-state index in [1.807, 2.05) is 19.9 Å². The van der Waals surface area contributed by atoms with Crippen LogP contribution in [0.2, 0.25) is 0 Å². The summed E-state index contributed by atoms with van der Waals surface area (Å²) < 4.78 is 0. The quantitative estimate of drug-likeness (QED) is 0.761. The molecule has 1 amide bonds. The van der Waals surface area contributed by atoms with Crippen LogP contribution < -0.4 is 5.32 Å². The monoisotopic (exact) mass is 219 g/mol. The Bertz CT molecular complexity index is 393. The van der Waals surface area contributed by atoms with E-state index in [4.69, 9.17) is 0 Å². The normalized spacial score (nSPS) is 9.62. The maximum absolute atomic E-state index is 11.5. The molecule has 0 aliphatic carbocycles. The Hall–Kier alpha value is -1.77. The minimum absolute atomic E-state index is 0.0843. The number of aromatic hydroxyl groups is 1. The highest BCUT2D eigenvalue weighted by molar-refractivity contribution is 5.79. The Kier molecular flexibility index (Phi) is 4.58. The first-order valence-corrected chi connectivity index (χ1v) is 5.26. The van der Waals surface area contributed by atoms with E-state index in [2.05, 4.69) is 5.32 Å². The molecule has 1 rings (SSSR count). The molecule has 0 unspecified atom stereocenters. The fourth-order valence-electron chi connectivity index (χ4n) is 1.26. The molecule has 0 atom stereocenters. The van der Waals surface area contributed by atoms with Crippen molar-refractivity contribution < 1.29 is 9.90 Å². The van der Waals surface area contributed by atoms with Gasteiger partial charge in [0.2, 0.25) is 5.91 Å². The van der Waals surface area contributed by atoms with Crippen molar-refractivity contribution in [2.24, 2.45) is 0 Å². The summed E-state index contributed by atoms with van der Waals surface area (Å²) in [5.41, 5.74) is 1.82. The molecule has 0 saturated carbocycles. The minimum atomic E-state index is -0.0843. The summed E-state index contributed by atoms with van der Waals surface area (Å²) in [6.07, 6.45) is 2.16. The number of nitrogens with one attached hydrogen (secondary N) is 1. The van der Waals surface area contributed by atoms with E-state index in [0.29, 0.717) is 12.1 Å². The number of allylic oxidation sites excluding steroid dienone is 1. The molecule has 0 aliphatic heterocycles. The van der Waals surface area contributed by atoms with Gasteiger partial charge in [0.05, 0.1) is 6.42 Å². The van der Waals surface area contributed by atoms with Gasteiger partial charge in [-0.05, 0) is 19.9 Å². The summed E-state index contributed by atoms with van der Waals surface area (Å²) >= 11 is 0. The van der Waals surface area contributed by atoms with Crippen LogP contribution in [0.1, 0.15) is 19.4 Å². The summed E-state index contributed by atoms with van der Waals surface area (Å²) in [7, 11) is 0. The van der Waals surface area contributed by atoms with Gasteiger partial charge in [-0.25, -0.2) is 0 Å². The van der Waals surface area contributed by atoms with Crippen molar-refractivity contribution in [1.82, 2.24) is 5.32 Å². The van der Waals surface area contributed by atoms with Crippen LogP contribution in [0.4, 0.5) is 0 Å². The standard InChI is InChI=1S/C13H17NO2/c1-10(2)7-8-14-13(16)9-11-5-3-4-6-12(11)15/h3-7,15H,8-9H2,1-2H3,(H,14,16). The predicted molar refractivity (Wildman–Crippen MR) is 64.3 cm³/mol. The highest BCUT2D eigenvalue weighted by Gasteiger charge is 2.05. The molecule has 2 N–H and O–H groups in total. The van der Waals surface area contributed by atoms with E-state index in [9.17, 15) is 9.90 Å². The van der Waals surface area contributed by atoms with Gasteiger partial charge in [0, 0.05) is 12.1 Å². The Balaban J connectivity index is 2.46. The maximum Gasteiger partial charge on any atom is 0.224 e. The summed E-state index contributed by atoms with van der Waals surface area (Å²) in [5.74, 6) is 0.0823. The van der Waals surface area contributed by atoms with Crippen molar-refractivity contribution in [1.29, 1.82) is 0 Å². The second kappa shape index (κ2) is 5.95. The molecule has 3 nitrogen and oxygen atoms in total. The predicted octanol–water partition coefficient (Wildman–Crippen LogP) is 2.02. The second-order valence-corrected chi connectivity index (χ2v) is 3.89. The average Bonchev–Trinajstić information content (AvgIpc) is 2.21. The summed E-state index contributed by atoms with van der Waals surface area (Å²) in [6.45, 7) is 4.50. The number of para-hydroxylation sites is 1. The lowest BCUT2D eigenvalue weighted by Crippen LogP contribution is -2.25. The number of rotatable bonds is 4. The summed E-state index contributed by atoms with van der Waals surface area (Å²) in [4.78, 5) is 11.5. The van der Waals surface area contributed by atoms with Gasteiger partial charge in [-0.1, -0.05) is 29.8 Å². The number of benzene rings is 1. The number of hydrogen-bond donors (Lipinski definition) is 2. The van der Waals surface area contributed by atoms with Crippen molar-refractivity contribution in [2.45, 2.75) is 20.3 Å². The van der Waals surface area contributed by atoms with Gasteiger partial charge in [0.25, 0.3) is 0 Å². The van der Waals surface area contributed by atoms with Crippen molar-refractivity contribution in [3.05, 3.63) is 41.5 Å². The highest BCUT2D eigenvalue weighted by atomic mass is 16.3. The fraction of sp³-hybridized carbons (Fsp3) is 0.308. The van der Waals surface area contributed by atoms with Gasteiger partial charge < -0.3 is 10.4 Å². The molecular weight excluding hydrogens is 202 g/mol. The van der Waals surface area contributed by atoms with Gasteiger partial charge in [-0.15, -0.1) is 0 Å². The van der Waals surface area contributed by atoms with Crippen molar-refractivity contribution >= 4 is 5.91 Å². The molecule has 3 heteroatoms. The van der Waals surface area contributed by atoms with E-state index in [1.165, 1.54) is 5.57 Å². The van der Waals surface area contributed by atoms with Crippen LogP contribution in [-0.2, 0) is 11.2 Å². The molecule has 86 valence electrons. The lowest BCUT2D eigenvalue weighted by atomic mass is 10.1. The van der Waals surface area contributed by atoms with Crippen LogP contribution in [0.3, 0.4) is 0 Å². The van der Waals surface area contributed by atoms with E-state index in [-0.39, 0.29) is 18.1 Å². The molecule has 0 heterocycles. The lowest BCUT2D eigenvalue weighted by molar-refractivity contribution is -0.120. The number of hydrogen-bond acceptors (Lipinski definition) is 2. The topological polar surface area (TPSA) is 49.3 Å². The largest absolute Gasteiger partial charge is 0.508 e. The number of carbonyl (C=O) groups is 1. The lowest BCUT2D eigenvalue weighted by Gasteiger charge is -2.04. The van der Waals surface area contributed by atoms with Crippen LogP contribution in [0, 0.1) is 0 Å². The van der Waals surface area contributed by atoms with Crippen molar-refractivity contribution in [2.75, 3.05) is 6.54 Å². The minimum Gasteiger partial charge on any atom is -0.508 e. The molecule has 1 aromatic rings. The molecule has 0 fully saturated rings. The molecule has 0 aromatic heterocycles. The fourth-order valence-corrected chi connectivity index (χ4v) is 1.26. The van der Waals surface area contributed by atoms with E-state index in [1.54, 1.807) is 24.3 Å². The first-order chi connectivity index (χ1) is 7.59. The van der Waals surface area contributed by atoms with Gasteiger partial charge >= 0.3 is 0 Å². The first kappa shape index (κ1) is 12.3. The number of amides is 1. The van der Waals surface area contributed by atoms with Gasteiger partial charge in [0.15, 0.2) is 0 Å². The number of phenolic OH excluding ortho intramolecular Hbond substituents is 1. The number of carbonyl (C=O) groups excluding carboxylic acids is 1. The smallest absolute Gasteiger partial charge is 0.224 e. The van der Waals surface area contributed by atoms with Gasteiger partial charge in [-0.3, -0.25) is 4.79 Å². The van der Waals surface area contributed by atoms with Crippen molar-refractivity contribution in [3.63, 3.8) is 0 Å². The molecular formula is C13H17NO2. The first-order valence-electron chi connectivity index (χ1n) is 5.26. The van der Waals surface area contributed by atoms with Crippen LogP contribution >= 0.6 is 0 Å². The van der Waals surface area contributed by atoms with Crippen LogP contribution in [0.25, 0.3) is 0 Å².